The summed E-state index contributed by atoms with van der Waals surface area (Å²) >= 11 is 0. The lowest BCUT2D eigenvalue weighted by atomic mass is 9.92. The average Bonchev–Trinajstić information content (AvgIpc) is 2.66. The number of morpholine rings is 1. The number of carbonyl (C=O) groups is 2. The molecule has 1 fully saturated rings. The van der Waals surface area contributed by atoms with E-state index in [-0.39, 0.29) is 30.0 Å². The van der Waals surface area contributed by atoms with Crippen molar-refractivity contribution in [2.75, 3.05) is 26.3 Å². The summed E-state index contributed by atoms with van der Waals surface area (Å²) in [4.78, 5) is 27.3. The van der Waals surface area contributed by atoms with Crippen LogP contribution in [0.2, 0.25) is 0 Å². The van der Waals surface area contributed by atoms with E-state index in [0.717, 1.165) is 12.0 Å². The Hall–Kier alpha value is -1.95. The number of hydrogen-bond acceptors (Lipinski definition) is 3. The third-order valence-corrected chi connectivity index (χ3v) is 4.93. The topological polar surface area (TPSA) is 58.6 Å². The molecule has 0 bridgehead atoms. The normalized spacial score (nSPS) is 16.9. The van der Waals surface area contributed by atoms with Crippen molar-refractivity contribution in [2.45, 2.75) is 52.0 Å². The fourth-order valence-corrected chi connectivity index (χ4v) is 3.41. The average molecular weight is 378 g/mol. The minimum atomic E-state index is -0.513. The van der Waals surface area contributed by atoms with Gasteiger partial charge < -0.3 is 15.0 Å². The second-order valence-electron chi connectivity index (χ2n) is 7.55. The van der Waals surface area contributed by atoms with E-state index in [1.54, 1.807) is 17.0 Å². The number of rotatable bonds is 8. The number of nitrogens with zero attached hydrogens (tertiary/aromatic N) is 1. The largest absolute Gasteiger partial charge is 0.378 e. The second kappa shape index (κ2) is 10.4. The van der Waals surface area contributed by atoms with Gasteiger partial charge >= 0.3 is 0 Å². The Morgan fingerprint density at radius 3 is 2.37 bits per heavy atom. The Kier molecular flexibility index (Phi) is 8.23. The van der Waals surface area contributed by atoms with Crippen LogP contribution in [-0.4, -0.2) is 49.1 Å². The molecule has 1 heterocycles. The first-order valence-electron chi connectivity index (χ1n) is 9.82. The minimum absolute atomic E-state index is 0.00351. The Morgan fingerprint density at radius 1 is 1.19 bits per heavy atom. The van der Waals surface area contributed by atoms with Gasteiger partial charge in [0.05, 0.1) is 13.2 Å². The monoisotopic (exact) mass is 378 g/mol. The standard InChI is InChI=1S/C21H31FN2O3/c1-4-16(17-5-7-18(22)8-6-17)14-20(25)23-19(13-15(2)3)21(26)24-9-11-27-12-10-24/h5-8,15-16,19H,4,9-14H2,1-3H3,(H,23,25)/t16?,19-/m0/s1. The number of amides is 2. The van der Waals surface area contributed by atoms with Crippen molar-refractivity contribution in [2.24, 2.45) is 5.92 Å². The van der Waals surface area contributed by atoms with Crippen LogP contribution in [0.5, 0.6) is 0 Å². The van der Waals surface area contributed by atoms with Crippen LogP contribution >= 0.6 is 0 Å². The van der Waals surface area contributed by atoms with E-state index in [4.69, 9.17) is 4.74 Å². The molecular weight excluding hydrogens is 347 g/mol. The molecule has 1 aliphatic heterocycles. The van der Waals surface area contributed by atoms with Crippen molar-refractivity contribution in [1.29, 1.82) is 0 Å². The van der Waals surface area contributed by atoms with Gasteiger partial charge in [-0.2, -0.15) is 0 Å². The van der Waals surface area contributed by atoms with Crippen LogP contribution < -0.4 is 5.32 Å². The molecule has 1 N–H and O–H groups in total. The molecule has 0 radical (unpaired) electrons. The molecule has 2 atom stereocenters. The van der Waals surface area contributed by atoms with E-state index in [0.29, 0.717) is 38.6 Å². The van der Waals surface area contributed by atoms with Crippen molar-refractivity contribution in [3.05, 3.63) is 35.6 Å². The molecule has 0 spiro atoms. The van der Waals surface area contributed by atoms with Gasteiger partial charge in [0.25, 0.3) is 0 Å². The molecule has 0 aromatic heterocycles. The molecule has 1 aliphatic rings. The predicted molar refractivity (Wildman–Crippen MR) is 103 cm³/mol. The first-order chi connectivity index (χ1) is 12.9. The molecule has 1 aromatic carbocycles. The lowest BCUT2D eigenvalue weighted by molar-refractivity contribution is -0.140. The van der Waals surface area contributed by atoms with Gasteiger partial charge in [0, 0.05) is 19.5 Å². The summed E-state index contributed by atoms with van der Waals surface area (Å²) in [6.45, 7) is 8.30. The number of nitrogens with one attached hydrogen (secondary N) is 1. The van der Waals surface area contributed by atoms with Crippen molar-refractivity contribution >= 4 is 11.8 Å². The number of ether oxygens (including phenoxy) is 1. The molecular formula is C21H31FN2O3. The van der Waals surface area contributed by atoms with E-state index >= 15 is 0 Å². The number of benzene rings is 1. The van der Waals surface area contributed by atoms with Crippen LogP contribution in [0.3, 0.4) is 0 Å². The lowest BCUT2D eigenvalue weighted by Crippen LogP contribution is -2.52. The predicted octanol–water partition coefficient (Wildman–Crippen LogP) is 3.10. The minimum Gasteiger partial charge on any atom is -0.378 e. The molecule has 0 saturated carbocycles. The zero-order valence-electron chi connectivity index (χ0n) is 16.5. The summed E-state index contributed by atoms with van der Waals surface area (Å²) in [6.07, 6.45) is 1.66. The van der Waals surface area contributed by atoms with Crippen LogP contribution in [0.15, 0.2) is 24.3 Å². The second-order valence-corrected chi connectivity index (χ2v) is 7.55. The highest BCUT2D eigenvalue weighted by molar-refractivity contribution is 5.88. The van der Waals surface area contributed by atoms with Gasteiger partial charge in [-0.3, -0.25) is 9.59 Å². The zero-order valence-corrected chi connectivity index (χ0v) is 16.5. The molecule has 1 aromatic rings. The fourth-order valence-electron chi connectivity index (χ4n) is 3.41. The first-order valence-corrected chi connectivity index (χ1v) is 9.82. The summed E-state index contributed by atoms with van der Waals surface area (Å²) in [7, 11) is 0. The zero-order chi connectivity index (χ0) is 19.8. The highest BCUT2D eigenvalue weighted by atomic mass is 19.1. The van der Waals surface area contributed by atoms with Crippen molar-refractivity contribution in [3.8, 4) is 0 Å². The third-order valence-electron chi connectivity index (χ3n) is 4.93. The van der Waals surface area contributed by atoms with E-state index in [1.807, 2.05) is 20.8 Å². The number of carbonyl (C=O) groups excluding carboxylic acids is 2. The first kappa shape index (κ1) is 21.4. The summed E-state index contributed by atoms with van der Waals surface area (Å²) in [5.41, 5.74) is 0.939. The van der Waals surface area contributed by atoms with Gasteiger partial charge in [0.1, 0.15) is 11.9 Å². The van der Waals surface area contributed by atoms with Gasteiger partial charge in [0.2, 0.25) is 11.8 Å². The Balaban J connectivity index is 2.00. The lowest BCUT2D eigenvalue weighted by Gasteiger charge is -2.31. The maximum atomic E-state index is 13.1. The van der Waals surface area contributed by atoms with Gasteiger partial charge in [-0.1, -0.05) is 32.9 Å². The molecule has 1 saturated heterocycles. The maximum absolute atomic E-state index is 13.1. The summed E-state index contributed by atoms with van der Waals surface area (Å²) in [6, 6.07) is 5.77. The van der Waals surface area contributed by atoms with Crippen LogP contribution in [0.1, 0.15) is 51.5 Å². The van der Waals surface area contributed by atoms with Crippen molar-refractivity contribution < 1.29 is 18.7 Å². The molecule has 6 heteroatoms. The van der Waals surface area contributed by atoms with E-state index in [2.05, 4.69) is 5.32 Å². The van der Waals surface area contributed by atoms with Gasteiger partial charge in [-0.05, 0) is 42.4 Å². The molecule has 27 heavy (non-hydrogen) atoms. The molecule has 1 unspecified atom stereocenters. The van der Waals surface area contributed by atoms with Crippen molar-refractivity contribution in [1.82, 2.24) is 10.2 Å². The number of halogens is 1. The SMILES string of the molecule is CCC(CC(=O)N[C@@H](CC(C)C)C(=O)N1CCOCC1)c1ccc(F)cc1. The summed E-state index contributed by atoms with van der Waals surface area (Å²) in [5.74, 6) is -0.164. The molecule has 150 valence electrons. The van der Waals surface area contributed by atoms with E-state index in [1.165, 1.54) is 12.1 Å². The van der Waals surface area contributed by atoms with Gasteiger partial charge in [-0.15, -0.1) is 0 Å². The Bertz CT molecular complexity index is 612. The maximum Gasteiger partial charge on any atom is 0.245 e. The highest BCUT2D eigenvalue weighted by Gasteiger charge is 2.28. The van der Waals surface area contributed by atoms with E-state index < -0.39 is 6.04 Å². The third kappa shape index (κ3) is 6.61. The molecule has 2 amide bonds. The van der Waals surface area contributed by atoms with Crippen LogP contribution in [0.25, 0.3) is 0 Å². The summed E-state index contributed by atoms with van der Waals surface area (Å²) < 4.78 is 18.5. The smallest absolute Gasteiger partial charge is 0.245 e. The van der Waals surface area contributed by atoms with Crippen LogP contribution in [-0.2, 0) is 14.3 Å². The summed E-state index contributed by atoms with van der Waals surface area (Å²) in [5, 5.41) is 2.95. The quantitative estimate of drug-likeness (QED) is 0.756. The van der Waals surface area contributed by atoms with E-state index in [9.17, 15) is 14.0 Å². The van der Waals surface area contributed by atoms with Crippen molar-refractivity contribution in [3.63, 3.8) is 0 Å². The van der Waals surface area contributed by atoms with Gasteiger partial charge in [-0.25, -0.2) is 4.39 Å². The van der Waals surface area contributed by atoms with Crippen LogP contribution in [0.4, 0.5) is 4.39 Å². The molecule has 0 aliphatic carbocycles. The highest BCUT2D eigenvalue weighted by Crippen LogP contribution is 2.23. The number of hydrogen-bond donors (Lipinski definition) is 1. The Morgan fingerprint density at radius 2 is 1.81 bits per heavy atom. The molecule has 2 rings (SSSR count). The Labute approximate surface area is 161 Å². The fraction of sp³-hybridized carbons (Fsp3) is 0.619. The van der Waals surface area contributed by atoms with Crippen LogP contribution in [0, 0.1) is 11.7 Å². The molecule has 5 nitrogen and oxygen atoms in total. The van der Waals surface area contributed by atoms with Gasteiger partial charge in [0.15, 0.2) is 0 Å².